The van der Waals surface area contributed by atoms with Crippen molar-refractivity contribution in [3.8, 4) is 22.8 Å². The van der Waals surface area contributed by atoms with Crippen molar-refractivity contribution < 1.29 is 9.53 Å². The van der Waals surface area contributed by atoms with Crippen LogP contribution in [0.5, 0.6) is 5.75 Å². The average molecular weight is 405 g/mol. The first-order valence-corrected chi connectivity index (χ1v) is 9.86. The summed E-state index contributed by atoms with van der Waals surface area (Å²) >= 11 is 0. The maximum atomic E-state index is 12.7. The topological polar surface area (TPSA) is 106 Å². The summed E-state index contributed by atoms with van der Waals surface area (Å²) in [6.07, 6.45) is 2.26. The Morgan fingerprint density at radius 3 is 2.80 bits per heavy atom. The Morgan fingerprint density at radius 2 is 2.07 bits per heavy atom. The van der Waals surface area contributed by atoms with Crippen LogP contribution in [0, 0.1) is 12.8 Å². The van der Waals surface area contributed by atoms with Gasteiger partial charge >= 0.3 is 11.7 Å². The molecule has 0 aliphatic heterocycles. The molecule has 0 saturated heterocycles. The molecule has 2 aromatic heterocycles. The van der Waals surface area contributed by atoms with Crippen molar-refractivity contribution in [3.05, 3.63) is 58.3 Å². The van der Waals surface area contributed by atoms with Gasteiger partial charge in [-0.2, -0.15) is 5.10 Å². The summed E-state index contributed by atoms with van der Waals surface area (Å²) in [7, 11) is 0. The van der Waals surface area contributed by atoms with Crippen LogP contribution >= 0.6 is 0 Å². The van der Waals surface area contributed by atoms with Crippen LogP contribution in [0.1, 0.15) is 31.9 Å². The lowest BCUT2D eigenvalue weighted by molar-refractivity contribution is -0.137. The molecule has 0 fully saturated rings. The van der Waals surface area contributed by atoms with Gasteiger partial charge in [-0.05, 0) is 48.7 Å². The van der Waals surface area contributed by atoms with E-state index in [2.05, 4.69) is 20.2 Å². The SMILES string of the molecule is CCc1cc(-c2n[nH]c(=O)n2-c2cccc3[nH]cnc23)c(C)cc1OC(=O)C(C)C. The molecule has 0 aliphatic rings. The summed E-state index contributed by atoms with van der Waals surface area (Å²) in [5, 5.41) is 6.84. The number of carbonyl (C=O) groups is 1. The number of nitrogens with one attached hydrogen (secondary N) is 2. The first-order valence-electron chi connectivity index (χ1n) is 9.86. The van der Waals surface area contributed by atoms with Gasteiger partial charge in [-0.1, -0.05) is 26.8 Å². The molecule has 2 aromatic carbocycles. The van der Waals surface area contributed by atoms with E-state index in [1.165, 1.54) is 4.57 Å². The highest BCUT2D eigenvalue weighted by atomic mass is 16.5. The molecule has 0 atom stereocenters. The predicted octanol–water partition coefficient (Wildman–Crippen LogP) is 3.54. The number of imidazole rings is 1. The average Bonchev–Trinajstić information content (AvgIpc) is 3.34. The number of rotatable bonds is 5. The van der Waals surface area contributed by atoms with Crippen LogP contribution in [0.15, 0.2) is 41.5 Å². The predicted molar refractivity (Wildman–Crippen MR) is 114 cm³/mol. The van der Waals surface area contributed by atoms with Gasteiger partial charge in [0.25, 0.3) is 0 Å². The molecule has 0 radical (unpaired) electrons. The monoisotopic (exact) mass is 405 g/mol. The Morgan fingerprint density at radius 1 is 1.27 bits per heavy atom. The van der Waals surface area contributed by atoms with E-state index in [1.807, 2.05) is 44.2 Å². The fraction of sp³-hybridized carbons (Fsp3) is 0.273. The summed E-state index contributed by atoms with van der Waals surface area (Å²) in [5.74, 6) is 0.514. The van der Waals surface area contributed by atoms with Gasteiger partial charge in [-0.3, -0.25) is 4.79 Å². The number of aromatic nitrogens is 5. The lowest BCUT2D eigenvalue weighted by Gasteiger charge is -2.15. The van der Waals surface area contributed by atoms with E-state index in [9.17, 15) is 9.59 Å². The molecule has 2 N–H and O–H groups in total. The zero-order chi connectivity index (χ0) is 21.4. The molecule has 8 heteroatoms. The second-order valence-electron chi connectivity index (χ2n) is 7.47. The van der Waals surface area contributed by atoms with Crippen LogP contribution in [0.25, 0.3) is 28.1 Å². The van der Waals surface area contributed by atoms with Gasteiger partial charge in [0.05, 0.1) is 23.4 Å². The maximum absolute atomic E-state index is 12.7. The van der Waals surface area contributed by atoms with Crippen molar-refractivity contribution in [3.63, 3.8) is 0 Å². The first kappa shape index (κ1) is 19.6. The summed E-state index contributed by atoms with van der Waals surface area (Å²) in [5.41, 5.74) is 4.27. The number of aryl methyl sites for hydroxylation is 2. The Labute approximate surface area is 172 Å². The Bertz CT molecular complexity index is 1300. The Kier molecular flexibility index (Phi) is 4.99. The third-order valence-electron chi connectivity index (χ3n) is 5.05. The number of esters is 1. The first-order chi connectivity index (χ1) is 14.4. The van der Waals surface area contributed by atoms with E-state index < -0.39 is 0 Å². The van der Waals surface area contributed by atoms with Gasteiger partial charge in [0, 0.05) is 5.56 Å². The van der Waals surface area contributed by atoms with Crippen molar-refractivity contribution in [1.82, 2.24) is 24.7 Å². The molecule has 4 aromatic rings. The normalized spacial score (nSPS) is 11.4. The van der Waals surface area contributed by atoms with Crippen molar-refractivity contribution in [2.24, 2.45) is 5.92 Å². The minimum absolute atomic E-state index is 0.222. The van der Waals surface area contributed by atoms with Crippen molar-refractivity contribution >= 4 is 17.0 Å². The second-order valence-corrected chi connectivity index (χ2v) is 7.47. The van der Waals surface area contributed by atoms with E-state index in [-0.39, 0.29) is 17.6 Å². The summed E-state index contributed by atoms with van der Waals surface area (Å²) in [4.78, 5) is 32.2. The van der Waals surface area contributed by atoms with Crippen LogP contribution in [-0.2, 0) is 11.2 Å². The zero-order valence-electron chi connectivity index (χ0n) is 17.3. The smallest absolute Gasteiger partial charge is 0.348 e. The highest BCUT2D eigenvalue weighted by Crippen LogP contribution is 2.32. The minimum atomic E-state index is -0.353. The molecule has 154 valence electrons. The molecule has 0 amide bonds. The van der Waals surface area contributed by atoms with Crippen LogP contribution in [-0.4, -0.2) is 30.7 Å². The third-order valence-corrected chi connectivity index (χ3v) is 5.05. The van der Waals surface area contributed by atoms with Gasteiger partial charge in [-0.15, -0.1) is 0 Å². The highest BCUT2D eigenvalue weighted by Gasteiger charge is 2.20. The number of aromatic amines is 2. The molecule has 2 heterocycles. The number of benzene rings is 2. The van der Waals surface area contributed by atoms with Gasteiger partial charge in [0.1, 0.15) is 11.3 Å². The van der Waals surface area contributed by atoms with Gasteiger partial charge < -0.3 is 9.72 Å². The summed E-state index contributed by atoms with van der Waals surface area (Å²) < 4.78 is 7.11. The largest absolute Gasteiger partial charge is 0.426 e. The molecule has 8 nitrogen and oxygen atoms in total. The van der Waals surface area contributed by atoms with E-state index in [4.69, 9.17) is 4.74 Å². The van der Waals surface area contributed by atoms with Gasteiger partial charge in [-0.25, -0.2) is 19.4 Å². The third kappa shape index (κ3) is 3.30. The molecule has 0 saturated carbocycles. The highest BCUT2D eigenvalue weighted by molar-refractivity contribution is 5.84. The molecule has 30 heavy (non-hydrogen) atoms. The van der Waals surface area contributed by atoms with E-state index in [0.717, 1.165) is 22.2 Å². The van der Waals surface area contributed by atoms with Crippen molar-refractivity contribution in [1.29, 1.82) is 0 Å². The number of H-pyrrole nitrogens is 2. The van der Waals surface area contributed by atoms with Crippen LogP contribution in [0.3, 0.4) is 0 Å². The number of hydrogen-bond donors (Lipinski definition) is 2. The number of fused-ring (bicyclic) bond motifs is 1. The molecular formula is C22H23N5O3. The fourth-order valence-corrected chi connectivity index (χ4v) is 3.40. The van der Waals surface area contributed by atoms with Crippen molar-refractivity contribution in [2.45, 2.75) is 34.1 Å². The van der Waals surface area contributed by atoms with Gasteiger partial charge in [0.15, 0.2) is 5.82 Å². The molecule has 0 aliphatic carbocycles. The van der Waals surface area contributed by atoms with E-state index in [1.54, 1.807) is 20.2 Å². The van der Waals surface area contributed by atoms with E-state index in [0.29, 0.717) is 29.2 Å². The molecule has 0 unspecified atom stereocenters. The number of ether oxygens (including phenoxy) is 1. The minimum Gasteiger partial charge on any atom is -0.426 e. The maximum Gasteiger partial charge on any atom is 0.348 e. The molecule has 0 bridgehead atoms. The number of para-hydroxylation sites is 1. The summed E-state index contributed by atoms with van der Waals surface area (Å²) in [6, 6.07) is 9.34. The zero-order valence-corrected chi connectivity index (χ0v) is 17.3. The lowest BCUT2D eigenvalue weighted by Crippen LogP contribution is -2.17. The number of hydrogen-bond acceptors (Lipinski definition) is 5. The Hall–Kier alpha value is -3.68. The molecular weight excluding hydrogens is 382 g/mol. The standard InChI is InChI=1S/C22H23N5O3/c1-5-14-10-15(13(4)9-18(14)30-21(28)12(2)3)20-25-26-22(29)27(20)17-8-6-7-16-19(17)24-11-23-16/h6-12H,5H2,1-4H3,(H,23,24)(H,26,29). The van der Waals surface area contributed by atoms with Crippen LogP contribution in [0.4, 0.5) is 0 Å². The van der Waals surface area contributed by atoms with E-state index >= 15 is 0 Å². The van der Waals surface area contributed by atoms with Crippen LogP contribution in [0.2, 0.25) is 0 Å². The summed E-state index contributed by atoms with van der Waals surface area (Å²) in [6.45, 7) is 7.49. The number of nitrogens with zero attached hydrogens (tertiary/aromatic N) is 3. The van der Waals surface area contributed by atoms with Crippen molar-refractivity contribution in [2.75, 3.05) is 0 Å². The quantitative estimate of drug-likeness (QED) is 0.390. The second kappa shape index (κ2) is 7.62. The molecule has 4 rings (SSSR count). The lowest BCUT2D eigenvalue weighted by atomic mass is 10.0. The van der Waals surface area contributed by atoms with Gasteiger partial charge in [0.2, 0.25) is 0 Å². The van der Waals surface area contributed by atoms with Crippen LogP contribution < -0.4 is 10.4 Å². The Balaban J connectivity index is 1.88. The molecule has 0 spiro atoms. The number of carbonyl (C=O) groups excluding carboxylic acids is 1. The fourth-order valence-electron chi connectivity index (χ4n) is 3.40.